The molecule has 7 heteroatoms. The molecule has 0 saturated carbocycles. The second kappa shape index (κ2) is 5.47. The van der Waals surface area contributed by atoms with Crippen LogP contribution in [0, 0.1) is 0 Å². The van der Waals surface area contributed by atoms with E-state index in [0.717, 1.165) is 12.8 Å². The van der Waals surface area contributed by atoms with E-state index in [1.807, 2.05) is 20.8 Å². The fourth-order valence-electron chi connectivity index (χ4n) is 2.07. The van der Waals surface area contributed by atoms with Gasteiger partial charge in [-0.15, -0.1) is 10.2 Å². The van der Waals surface area contributed by atoms with Crippen LogP contribution in [0.25, 0.3) is 0 Å². The third kappa shape index (κ3) is 3.33. The molecular weight excluding hydrogens is 278 g/mol. The summed E-state index contributed by atoms with van der Waals surface area (Å²) in [6.07, 6.45) is 1.39. The van der Waals surface area contributed by atoms with Crippen LogP contribution in [0.1, 0.15) is 61.4 Å². The van der Waals surface area contributed by atoms with Crippen molar-refractivity contribution in [2.45, 2.75) is 52.2 Å². The summed E-state index contributed by atoms with van der Waals surface area (Å²) in [5.41, 5.74) is -0.518. The first-order valence-electron chi connectivity index (χ1n) is 6.62. The standard InChI is InChI=1S/C13H19N3O3S/c1-8(17)10-14-15-11(20-10)9-6-5-7-16(9)12(18)19-13(2,3)4/h9H,5-7H2,1-4H3/t9-/m0/s1. The molecule has 1 aromatic rings. The van der Waals surface area contributed by atoms with Gasteiger partial charge in [-0.1, -0.05) is 11.3 Å². The minimum Gasteiger partial charge on any atom is -0.444 e. The number of Topliss-reactive ketones (excluding diaryl/α,β-unsaturated/α-hetero) is 1. The van der Waals surface area contributed by atoms with Crippen molar-refractivity contribution in [3.8, 4) is 0 Å². The topological polar surface area (TPSA) is 72.4 Å². The van der Waals surface area contributed by atoms with Crippen LogP contribution in [-0.2, 0) is 4.74 Å². The maximum absolute atomic E-state index is 12.2. The summed E-state index contributed by atoms with van der Waals surface area (Å²) >= 11 is 1.26. The normalized spacial score (nSPS) is 19.2. The van der Waals surface area contributed by atoms with Crippen LogP contribution in [0.3, 0.4) is 0 Å². The van der Waals surface area contributed by atoms with Crippen LogP contribution >= 0.6 is 11.3 Å². The Kier molecular flexibility index (Phi) is 4.08. The van der Waals surface area contributed by atoms with Gasteiger partial charge in [0.15, 0.2) is 10.8 Å². The van der Waals surface area contributed by atoms with Gasteiger partial charge >= 0.3 is 6.09 Å². The second-order valence-electron chi connectivity index (χ2n) is 5.83. The molecular formula is C13H19N3O3S. The first-order valence-corrected chi connectivity index (χ1v) is 7.43. The summed E-state index contributed by atoms with van der Waals surface area (Å²) in [6.45, 7) is 7.64. The van der Waals surface area contributed by atoms with Gasteiger partial charge in [0.05, 0.1) is 6.04 Å². The van der Waals surface area contributed by atoms with Crippen LogP contribution in [0.4, 0.5) is 4.79 Å². The number of rotatable bonds is 2. The first-order chi connectivity index (χ1) is 9.28. The SMILES string of the molecule is CC(=O)c1nnc([C@@H]2CCCN2C(=O)OC(C)(C)C)s1. The van der Waals surface area contributed by atoms with E-state index in [0.29, 0.717) is 16.6 Å². The Morgan fingerprint density at radius 3 is 2.60 bits per heavy atom. The van der Waals surface area contributed by atoms with E-state index in [4.69, 9.17) is 4.74 Å². The van der Waals surface area contributed by atoms with Crippen molar-refractivity contribution in [3.63, 3.8) is 0 Å². The number of likely N-dealkylation sites (tertiary alicyclic amines) is 1. The Bertz CT molecular complexity index is 521. The van der Waals surface area contributed by atoms with E-state index in [1.54, 1.807) is 4.90 Å². The maximum atomic E-state index is 12.2. The molecule has 0 aliphatic carbocycles. The van der Waals surface area contributed by atoms with Crippen molar-refractivity contribution in [1.82, 2.24) is 15.1 Å². The lowest BCUT2D eigenvalue weighted by molar-refractivity contribution is 0.0224. The fourth-order valence-corrected chi connectivity index (χ4v) is 2.96. The number of carbonyl (C=O) groups excluding carboxylic acids is 2. The summed E-state index contributed by atoms with van der Waals surface area (Å²) in [7, 11) is 0. The highest BCUT2D eigenvalue weighted by Crippen LogP contribution is 2.34. The molecule has 0 unspecified atom stereocenters. The van der Waals surface area contributed by atoms with Gasteiger partial charge in [-0.25, -0.2) is 4.79 Å². The molecule has 2 heterocycles. The molecule has 6 nitrogen and oxygen atoms in total. The molecule has 2 rings (SSSR count). The fraction of sp³-hybridized carbons (Fsp3) is 0.692. The van der Waals surface area contributed by atoms with Gasteiger partial charge in [-0.2, -0.15) is 0 Å². The monoisotopic (exact) mass is 297 g/mol. The summed E-state index contributed by atoms with van der Waals surface area (Å²) in [5, 5.41) is 9.01. The Morgan fingerprint density at radius 2 is 2.05 bits per heavy atom. The van der Waals surface area contributed by atoms with Crippen molar-refractivity contribution in [2.24, 2.45) is 0 Å². The van der Waals surface area contributed by atoms with Crippen LogP contribution in [0.2, 0.25) is 0 Å². The predicted octanol–water partition coefficient (Wildman–Crippen LogP) is 2.81. The number of ketones is 1. The van der Waals surface area contributed by atoms with Crippen LogP contribution in [0.15, 0.2) is 0 Å². The molecule has 0 N–H and O–H groups in total. The summed E-state index contributed by atoms with van der Waals surface area (Å²) in [4.78, 5) is 25.1. The molecule has 0 spiro atoms. The lowest BCUT2D eigenvalue weighted by atomic mass is 10.2. The molecule has 1 amide bonds. The zero-order valence-electron chi connectivity index (χ0n) is 12.2. The molecule has 1 saturated heterocycles. The van der Waals surface area contributed by atoms with E-state index >= 15 is 0 Å². The zero-order chi connectivity index (χ0) is 14.9. The highest BCUT2D eigenvalue weighted by Gasteiger charge is 2.35. The molecule has 0 bridgehead atoms. The Balaban J connectivity index is 2.14. The minimum absolute atomic E-state index is 0.101. The Labute approximate surface area is 122 Å². The molecule has 0 aromatic carbocycles. The number of carbonyl (C=O) groups is 2. The van der Waals surface area contributed by atoms with E-state index in [1.165, 1.54) is 18.3 Å². The number of hydrogen-bond donors (Lipinski definition) is 0. The largest absolute Gasteiger partial charge is 0.444 e. The smallest absolute Gasteiger partial charge is 0.410 e. The molecule has 1 aliphatic rings. The average Bonchev–Trinajstić information content (AvgIpc) is 2.95. The summed E-state index contributed by atoms with van der Waals surface area (Å²) in [6, 6.07) is -0.129. The van der Waals surface area contributed by atoms with Gasteiger partial charge in [0, 0.05) is 13.5 Å². The van der Waals surface area contributed by atoms with Gasteiger partial charge < -0.3 is 4.74 Å². The minimum atomic E-state index is -0.518. The first kappa shape index (κ1) is 14.9. The third-order valence-electron chi connectivity index (χ3n) is 2.91. The highest BCUT2D eigenvalue weighted by atomic mass is 32.1. The average molecular weight is 297 g/mol. The van der Waals surface area contributed by atoms with E-state index in [-0.39, 0.29) is 17.9 Å². The van der Waals surface area contributed by atoms with E-state index < -0.39 is 5.60 Å². The number of amides is 1. The van der Waals surface area contributed by atoms with Crippen LogP contribution < -0.4 is 0 Å². The van der Waals surface area contributed by atoms with Crippen molar-refractivity contribution >= 4 is 23.2 Å². The Hall–Kier alpha value is -1.50. The van der Waals surface area contributed by atoms with Crippen molar-refractivity contribution in [2.75, 3.05) is 6.54 Å². The second-order valence-corrected chi connectivity index (χ2v) is 6.84. The van der Waals surface area contributed by atoms with Crippen LogP contribution in [-0.4, -0.2) is 39.1 Å². The van der Waals surface area contributed by atoms with Crippen LogP contribution in [0.5, 0.6) is 0 Å². The van der Waals surface area contributed by atoms with Gasteiger partial charge in [-0.3, -0.25) is 9.69 Å². The molecule has 1 fully saturated rings. The number of ether oxygens (including phenoxy) is 1. The van der Waals surface area contributed by atoms with Gasteiger partial charge in [0.1, 0.15) is 10.6 Å². The zero-order valence-corrected chi connectivity index (χ0v) is 13.0. The molecule has 1 atom stereocenters. The van der Waals surface area contributed by atoms with Gasteiger partial charge in [0.25, 0.3) is 0 Å². The lowest BCUT2D eigenvalue weighted by Crippen LogP contribution is -2.36. The molecule has 1 aromatic heterocycles. The van der Waals surface area contributed by atoms with Gasteiger partial charge in [-0.05, 0) is 33.6 Å². The summed E-state index contributed by atoms with van der Waals surface area (Å²) in [5.74, 6) is -0.101. The van der Waals surface area contributed by atoms with Gasteiger partial charge in [0.2, 0.25) is 0 Å². The van der Waals surface area contributed by atoms with Crippen molar-refractivity contribution in [1.29, 1.82) is 0 Å². The molecule has 110 valence electrons. The van der Waals surface area contributed by atoms with Crippen molar-refractivity contribution in [3.05, 3.63) is 10.0 Å². The Morgan fingerprint density at radius 1 is 1.35 bits per heavy atom. The highest BCUT2D eigenvalue weighted by molar-refractivity contribution is 7.13. The van der Waals surface area contributed by atoms with E-state index in [2.05, 4.69) is 10.2 Å². The molecule has 1 aliphatic heterocycles. The quantitative estimate of drug-likeness (QED) is 0.785. The third-order valence-corrected chi connectivity index (χ3v) is 4.03. The number of aromatic nitrogens is 2. The predicted molar refractivity (Wildman–Crippen MR) is 74.8 cm³/mol. The number of hydrogen-bond acceptors (Lipinski definition) is 6. The van der Waals surface area contributed by atoms with E-state index in [9.17, 15) is 9.59 Å². The maximum Gasteiger partial charge on any atom is 0.410 e. The molecule has 20 heavy (non-hydrogen) atoms. The number of nitrogens with zero attached hydrogens (tertiary/aromatic N) is 3. The lowest BCUT2D eigenvalue weighted by Gasteiger charge is -2.27. The molecule has 0 radical (unpaired) electrons. The summed E-state index contributed by atoms with van der Waals surface area (Å²) < 4.78 is 5.40. The van der Waals surface area contributed by atoms with Crippen molar-refractivity contribution < 1.29 is 14.3 Å².